The van der Waals surface area contributed by atoms with E-state index in [0.29, 0.717) is 23.1 Å². The van der Waals surface area contributed by atoms with Crippen LogP contribution in [0, 0.1) is 18.5 Å². The predicted octanol–water partition coefficient (Wildman–Crippen LogP) is 9.68. The summed E-state index contributed by atoms with van der Waals surface area (Å²) in [6, 6.07) is 60.7. The molecule has 0 unspecified atom stereocenters. The summed E-state index contributed by atoms with van der Waals surface area (Å²) in [4.78, 5) is 14.6. The van der Waals surface area contributed by atoms with Crippen LogP contribution < -0.4 is 9.30 Å². The number of hydrogen-bond donors (Lipinski definition) is 0. The van der Waals surface area contributed by atoms with Crippen LogP contribution in [-0.4, -0.2) is 32.7 Å². The molecule has 12 aromatic rings. The second-order valence-corrected chi connectivity index (χ2v) is 13.8. The maximum Gasteiger partial charge on any atom is 0.268 e. The molecule has 0 spiro atoms. The fraction of sp³-hybridized carbons (Fsp3) is 0. The summed E-state index contributed by atoms with van der Waals surface area (Å²) in [5.74, 6) is 3.19. The molecule has 0 aliphatic carbocycles. The van der Waals surface area contributed by atoms with Gasteiger partial charge in [-0.2, -0.15) is 12.1 Å². The Morgan fingerprint density at radius 2 is 1.21 bits per heavy atom. The van der Waals surface area contributed by atoms with Gasteiger partial charge in [0.05, 0.1) is 27.8 Å². The van der Waals surface area contributed by atoms with E-state index in [9.17, 15) is 0 Å². The van der Waals surface area contributed by atoms with E-state index in [0.717, 1.165) is 72.5 Å². The van der Waals surface area contributed by atoms with E-state index in [1.165, 1.54) is 0 Å². The van der Waals surface area contributed by atoms with E-state index in [1.54, 1.807) is 6.20 Å². The molecule has 9 nitrogen and oxygen atoms in total. The van der Waals surface area contributed by atoms with Crippen molar-refractivity contribution in [2.45, 2.75) is 0 Å². The van der Waals surface area contributed by atoms with E-state index in [2.05, 4.69) is 124 Å². The van der Waals surface area contributed by atoms with Crippen LogP contribution in [-0.2, 0) is 21.1 Å². The van der Waals surface area contributed by atoms with Crippen molar-refractivity contribution in [2.75, 3.05) is 0 Å². The van der Waals surface area contributed by atoms with Gasteiger partial charge in [0.2, 0.25) is 17.3 Å². The molecule has 0 radical (unpaired) electrons. The molecule has 5 heterocycles. The van der Waals surface area contributed by atoms with Gasteiger partial charge >= 0.3 is 0 Å². The SMILES string of the molecule is [Pt].[c-]1c(Oc2[c-]c3c(cc2)nc2n3c3nccn3c3nc4ccccc4n32)cccc1-n1[c-][n+](-c2c(-c3ccccc3)cccc2-c2ccccc2)c2ccccc21. The zero-order valence-electron chi connectivity index (χ0n) is 30.5. The number of imidazole rings is 4. The van der Waals surface area contributed by atoms with Crippen molar-refractivity contribution in [2.24, 2.45) is 0 Å². The summed E-state index contributed by atoms with van der Waals surface area (Å²) in [7, 11) is 0. The van der Waals surface area contributed by atoms with Gasteiger partial charge in [0.25, 0.3) is 6.33 Å². The van der Waals surface area contributed by atoms with Crippen LogP contribution in [0.4, 0.5) is 0 Å². The molecule has 0 aliphatic heterocycles. The molecule has 0 bridgehead atoms. The molecule has 0 saturated carbocycles. The third-order valence-corrected chi connectivity index (χ3v) is 10.5. The van der Waals surface area contributed by atoms with Crippen LogP contribution in [0.2, 0.25) is 0 Å². The number of ether oxygens (including phenoxy) is 1. The summed E-state index contributed by atoms with van der Waals surface area (Å²) in [6.45, 7) is 0. The van der Waals surface area contributed by atoms with Crippen molar-refractivity contribution >= 4 is 50.4 Å². The predicted molar refractivity (Wildman–Crippen MR) is 220 cm³/mol. The van der Waals surface area contributed by atoms with E-state index in [4.69, 9.17) is 19.7 Å². The number of benzene rings is 7. The smallest absolute Gasteiger partial charge is 0.268 e. The minimum absolute atomic E-state index is 0. The van der Waals surface area contributed by atoms with Crippen molar-refractivity contribution in [3.05, 3.63) is 189 Å². The van der Waals surface area contributed by atoms with Crippen LogP contribution in [0.15, 0.2) is 170 Å². The quantitative estimate of drug-likeness (QED) is 0.123. The average Bonchev–Trinajstić information content (AvgIpc) is 4.07. The fourth-order valence-corrected chi connectivity index (χ4v) is 8.00. The van der Waals surface area contributed by atoms with Crippen molar-refractivity contribution in [3.8, 4) is 45.1 Å². The Labute approximate surface area is 345 Å². The van der Waals surface area contributed by atoms with Gasteiger partial charge in [0, 0.05) is 45.0 Å². The molecule has 0 fully saturated rings. The van der Waals surface area contributed by atoms with E-state index in [1.807, 2.05) is 80.2 Å². The van der Waals surface area contributed by atoms with Crippen molar-refractivity contribution in [1.29, 1.82) is 0 Å². The van der Waals surface area contributed by atoms with E-state index >= 15 is 0 Å². The monoisotopic (exact) mass is 927 g/mol. The zero-order chi connectivity index (χ0) is 37.5. The maximum atomic E-state index is 6.53. The Balaban J connectivity index is 0.00000385. The summed E-state index contributed by atoms with van der Waals surface area (Å²) in [6.07, 6.45) is 7.41. The molecule has 5 aromatic heterocycles. The Kier molecular flexibility index (Phi) is 7.84. The van der Waals surface area contributed by atoms with Gasteiger partial charge < -0.3 is 9.30 Å². The molecule has 0 aliphatic rings. The molecular weight excluding hydrogens is 900 g/mol. The maximum absolute atomic E-state index is 6.53. The van der Waals surface area contributed by atoms with Gasteiger partial charge in [0.15, 0.2) is 0 Å². The Hall–Kier alpha value is -7.35. The topological polar surface area (TPSA) is 69.9 Å². The second-order valence-electron chi connectivity index (χ2n) is 13.8. The van der Waals surface area contributed by atoms with Gasteiger partial charge in [-0.3, -0.25) is 18.4 Å². The van der Waals surface area contributed by atoms with Gasteiger partial charge in [0.1, 0.15) is 0 Å². The Bertz CT molecular complexity index is 3450. The molecule has 7 aromatic carbocycles. The van der Waals surface area contributed by atoms with E-state index < -0.39 is 0 Å². The standard InChI is InChI=1S/C48H28N8O.Pt/c1-3-13-32(14-4-1)37-19-12-20-38(33-15-5-2-6-16-33)45(37)54-31-53(42-23-9-10-24-43(42)54)34-17-11-18-35(29-34)57-36-25-26-40-44(30-36)56-46-49-27-28-52(46)47-50-39-21-7-8-22-41(39)55(47)48(56)51-40;/h1-28H;/q-2;. The van der Waals surface area contributed by atoms with Gasteiger partial charge in [-0.25, -0.2) is 14.4 Å². The van der Waals surface area contributed by atoms with Crippen LogP contribution in [0.3, 0.4) is 0 Å². The normalized spacial score (nSPS) is 11.7. The summed E-state index contributed by atoms with van der Waals surface area (Å²) < 4.78 is 16.8. The van der Waals surface area contributed by atoms with Crippen molar-refractivity contribution in [3.63, 3.8) is 0 Å². The minimum Gasteiger partial charge on any atom is -0.510 e. The molecule has 0 atom stereocenters. The van der Waals surface area contributed by atoms with Crippen LogP contribution in [0.1, 0.15) is 0 Å². The largest absolute Gasteiger partial charge is 0.510 e. The van der Waals surface area contributed by atoms with Crippen molar-refractivity contribution in [1.82, 2.24) is 32.7 Å². The van der Waals surface area contributed by atoms with Gasteiger partial charge in [-0.15, -0.1) is 30.3 Å². The van der Waals surface area contributed by atoms with Crippen LogP contribution >= 0.6 is 0 Å². The Morgan fingerprint density at radius 3 is 2.00 bits per heavy atom. The van der Waals surface area contributed by atoms with Crippen LogP contribution in [0.5, 0.6) is 11.5 Å². The molecule has 0 saturated heterocycles. The van der Waals surface area contributed by atoms with Crippen molar-refractivity contribution < 1.29 is 30.4 Å². The molecule has 0 N–H and O–H groups in total. The van der Waals surface area contributed by atoms with Gasteiger partial charge in [-0.1, -0.05) is 115 Å². The average molecular weight is 928 g/mol. The number of aromatic nitrogens is 8. The first-order valence-corrected chi connectivity index (χ1v) is 18.6. The van der Waals surface area contributed by atoms with E-state index in [-0.39, 0.29) is 21.1 Å². The number of para-hydroxylation sites is 5. The molecule has 58 heavy (non-hydrogen) atoms. The number of rotatable bonds is 6. The first-order chi connectivity index (χ1) is 28.3. The molecule has 278 valence electrons. The first kappa shape index (κ1) is 33.9. The fourth-order valence-electron chi connectivity index (χ4n) is 8.00. The first-order valence-electron chi connectivity index (χ1n) is 18.6. The Morgan fingerprint density at radius 1 is 0.534 bits per heavy atom. The molecular formula is C48H28N8OPt-2. The van der Waals surface area contributed by atoms with Crippen LogP contribution in [0.25, 0.3) is 84.1 Å². The minimum atomic E-state index is 0. The summed E-state index contributed by atoms with van der Waals surface area (Å²) in [5, 5.41) is 0. The molecule has 0 amide bonds. The number of nitrogens with zero attached hydrogens (tertiary/aromatic N) is 8. The third-order valence-electron chi connectivity index (χ3n) is 10.5. The summed E-state index contributed by atoms with van der Waals surface area (Å²) >= 11 is 0. The number of hydrogen-bond acceptors (Lipinski definition) is 4. The second kappa shape index (κ2) is 13.4. The van der Waals surface area contributed by atoms with Gasteiger partial charge in [-0.05, 0) is 51.1 Å². The molecule has 10 heteroatoms. The number of fused-ring (bicyclic) bond motifs is 11. The summed E-state index contributed by atoms with van der Waals surface area (Å²) in [5.41, 5.74) is 11.6. The third kappa shape index (κ3) is 5.21. The zero-order valence-corrected chi connectivity index (χ0v) is 32.7. The molecule has 12 rings (SSSR count).